The lowest BCUT2D eigenvalue weighted by atomic mass is 9.91. The van der Waals surface area contributed by atoms with Crippen LogP contribution in [0.5, 0.6) is 0 Å². The number of nitrogens with zero attached hydrogens (tertiary/aromatic N) is 1. The number of rotatable bonds is 6. The topological polar surface area (TPSA) is 20.3 Å². The molecule has 1 fully saturated rings. The molecule has 0 aliphatic heterocycles. The molecule has 0 bridgehead atoms. The molecule has 0 unspecified atom stereocenters. The van der Waals surface area contributed by atoms with E-state index < -0.39 is 0 Å². The van der Waals surface area contributed by atoms with E-state index in [1.165, 1.54) is 36.1 Å². The van der Waals surface area contributed by atoms with Crippen molar-refractivity contribution in [3.05, 3.63) is 33.9 Å². The number of hydrogen-bond acceptors (Lipinski definition) is 2. The average molecular weight is 273 g/mol. The second-order valence-electron chi connectivity index (χ2n) is 6.32. The van der Waals surface area contributed by atoms with Gasteiger partial charge in [0, 0.05) is 18.7 Å². The lowest BCUT2D eigenvalue weighted by Gasteiger charge is -2.24. The Hall–Kier alpha value is -1.15. The molecule has 1 aliphatic rings. The van der Waals surface area contributed by atoms with Gasteiger partial charge in [0.05, 0.1) is 0 Å². The molecule has 1 aromatic carbocycles. The molecule has 0 aromatic heterocycles. The van der Waals surface area contributed by atoms with Crippen molar-refractivity contribution in [2.24, 2.45) is 5.92 Å². The van der Waals surface area contributed by atoms with Gasteiger partial charge >= 0.3 is 0 Å². The van der Waals surface area contributed by atoms with Crippen molar-refractivity contribution in [2.75, 3.05) is 13.1 Å². The first-order valence-electron chi connectivity index (χ1n) is 7.77. The molecule has 0 heterocycles. The second kappa shape index (κ2) is 6.09. The molecule has 2 heteroatoms. The van der Waals surface area contributed by atoms with E-state index in [4.69, 9.17) is 0 Å². The number of hydrogen-bond donors (Lipinski definition) is 0. The number of carbonyl (C=O) groups is 1. The summed E-state index contributed by atoms with van der Waals surface area (Å²) in [4.78, 5) is 14.4. The van der Waals surface area contributed by atoms with Gasteiger partial charge in [-0.1, -0.05) is 13.0 Å². The predicted octanol–water partition coefficient (Wildman–Crippen LogP) is 4.05. The van der Waals surface area contributed by atoms with Gasteiger partial charge in [0.2, 0.25) is 0 Å². The molecule has 0 radical (unpaired) electrons. The lowest BCUT2D eigenvalue weighted by Crippen LogP contribution is -2.26. The fourth-order valence-electron chi connectivity index (χ4n) is 3.21. The Kier molecular flexibility index (Phi) is 4.64. The molecule has 0 amide bonds. The summed E-state index contributed by atoms with van der Waals surface area (Å²) in [5.74, 6) is 1.10. The number of ketones is 1. The van der Waals surface area contributed by atoms with Crippen LogP contribution in [0.15, 0.2) is 6.07 Å². The summed E-state index contributed by atoms with van der Waals surface area (Å²) in [5, 5.41) is 0. The van der Waals surface area contributed by atoms with E-state index in [2.05, 4.69) is 31.7 Å². The number of Topliss-reactive ketones (excluding diaryl/α,β-unsaturated/α-hetero) is 1. The summed E-state index contributed by atoms with van der Waals surface area (Å²) in [6, 6.07) is 2.17. The zero-order valence-corrected chi connectivity index (χ0v) is 13.5. The molecule has 2 rings (SSSR count). The number of aryl methyl sites for hydroxylation is 2. The minimum absolute atomic E-state index is 0.187. The predicted molar refractivity (Wildman–Crippen MR) is 84.3 cm³/mol. The van der Waals surface area contributed by atoms with E-state index >= 15 is 0 Å². The first-order chi connectivity index (χ1) is 9.43. The third-order valence-corrected chi connectivity index (χ3v) is 4.53. The van der Waals surface area contributed by atoms with Gasteiger partial charge in [-0.15, -0.1) is 0 Å². The van der Waals surface area contributed by atoms with E-state index in [-0.39, 0.29) is 5.78 Å². The summed E-state index contributed by atoms with van der Waals surface area (Å²) in [7, 11) is 0. The van der Waals surface area contributed by atoms with Crippen LogP contribution >= 0.6 is 0 Å². The van der Waals surface area contributed by atoms with E-state index in [1.54, 1.807) is 6.92 Å². The van der Waals surface area contributed by atoms with Crippen LogP contribution in [0.2, 0.25) is 0 Å². The molecule has 1 aromatic rings. The van der Waals surface area contributed by atoms with Crippen LogP contribution in [0.1, 0.15) is 59.3 Å². The van der Waals surface area contributed by atoms with Gasteiger partial charge < -0.3 is 0 Å². The van der Waals surface area contributed by atoms with Crippen molar-refractivity contribution in [1.29, 1.82) is 0 Å². The normalized spacial score (nSPS) is 14.9. The van der Waals surface area contributed by atoms with Gasteiger partial charge in [-0.3, -0.25) is 9.69 Å². The first kappa shape index (κ1) is 15.2. The average Bonchev–Trinajstić information content (AvgIpc) is 3.15. The van der Waals surface area contributed by atoms with Crippen molar-refractivity contribution in [1.82, 2.24) is 4.90 Å². The molecule has 0 atom stereocenters. The maximum absolute atomic E-state index is 11.9. The van der Waals surface area contributed by atoms with Gasteiger partial charge in [0.15, 0.2) is 5.78 Å². The summed E-state index contributed by atoms with van der Waals surface area (Å²) < 4.78 is 0. The van der Waals surface area contributed by atoms with Crippen molar-refractivity contribution >= 4 is 5.78 Å². The molecule has 0 saturated heterocycles. The fraction of sp³-hybridized carbons (Fsp3) is 0.611. The molecule has 1 aliphatic carbocycles. The van der Waals surface area contributed by atoms with E-state index in [9.17, 15) is 4.79 Å². The van der Waals surface area contributed by atoms with Gasteiger partial charge in [0.25, 0.3) is 0 Å². The van der Waals surface area contributed by atoms with E-state index in [1.807, 2.05) is 6.92 Å². The zero-order chi connectivity index (χ0) is 14.9. The highest BCUT2D eigenvalue weighted by atomic mass is 16.1. The quantitative estimate of drug-likeness (QED) is 0.729. The van der Waals surface area contributed by atoms with Crippen LogP contribution < -0.4 is 0 Å². The summed E-state index contributed by atoms with van der Waals surface area (Å²) in [6.45, 7) is 13.5. The molecule has 1 saturated carbocycles. The van der Waals surface area contributed by atoms with Crippen molar-refractivity contribution < 1.29 is 4.79 Å². The van der Waals surface area contributed by atoms with Gasteiger partial charge in [-0.2, -0.15) is 0 Å². The Morgan fingerprint density at radius 2 is 1.90 bits per heavy atom. The van der Waals surface area contributed by atoms with Crippen LogP contribution in [0.3, 0.4) is 0 Å². The van der Waals surface area contributed by atoms with Gasteiger partial charge in [-0.25, -0.2) is 0 Å². The smallest absolute Gasteiger partial charge is 0.160 e. The summed E-state index contributed by atoms with van der Waals surface area (Å²) in [5.41, 5.74) is 5.89. The Morgan fingerprint density at radius 3 is 2.40 bits per heavy atom. The van der Waals surface area contributed by atoms with Crippen LogP contribution in [-0.4, -0.2) is 23.8 Å². The zero-order valence-electron chi connectivity index (χ0n) is 13.5. The number of benzene rings is 1. The standard InChI is InChI=1S/C18H27NO/c1-6-19(10-16-7-8-16)11-17-12(2)9-13(3)18(14(17)4)15(5)20/h9,16H,6-8,10-11H2,1-5H3. The minimum atomic E-state index is 0.187. The molecule has 2 nitrogen and oxygen atoms in total. The third kappa shape index (κ3) is 3.29. The molecule has 0 N–H and O–H groups in total. The van der Waals surface area contributed by atoms with Crippen LogP contribution in [0, 0.1) is 26.7 Å². The maximum atomic E-state index is 11.9. The van der Waals surface area contributed by atoms with Crippen molar-refractivity contribution in [3.8, 4) is 0 Å². The van der Waals surface area contributed by atoms with Gasteiger partial charge in [-0.05, 0) is 75.3 Å². The largest absolute Gasteiger partial charge is 0.299 e. The van der Waals surface area contributed by atoms with E-state index in [0.717, 1.165) is 30.1 Å². The highest BCUT2D eigenvalue weighted by Gasteiger charge is 2.24. The summed E-state index contributed by atoms with van der Waals surface area (Å²) >= 11 is 0. The van der Waals surface area contributed by atoms with Crippen LogP contribution in [0.25, 0.3) is 0 Å². The molecule has 20 heavy (non-hydrogen) atoms. The molecular formula is C18H27NO. The van der Waals surface area contributed by atoms with Crippen LogP contribution in [-0.2, 0) is 6.54 Å². The number of carbonyl (C=O) groups excluding carboxylic acids is 1. The van der Waals surface area contributed by atoms with Gasteiger partial charge in [0.1, 0.15) is 0 Å². The Bertz CT molecular complexity index is 515. The Balaban J connectivity index is 2.29. The molecule has 0 spiro atoms. The third-order valence-electron chi connectivity index (χ3n) is 4.53. The second-order valence-corrected chi connectivity index (χ2v) is 6.32. The first-order valence-corrected chi connectivity index (χ1v) is 7.77. The summed E-state index contributed by atoms with van der Waals surface area (Å²) in [6.07, 6.45) is 2.78. The monoisotopic (exact) mass is 273 g/mol. The molecular weight excluding hydrogens is 246 g/mol. The highest BCUT2D eigenvalue weighted by molar-refractivity contribution is 5.97. The van der Waals surface area contributed by atoms with Crippen LogP contribution in [0.4, 0.5) is 0 Å². The fourth-order valence-corrected chi connectivity index (χ4v) is 3.21. The SMILES string of the molecule is CCN(Cc1c(C)cc(C)c(C(C)=O)c1C)CC1CC1. The lowest BCUT2D eigenvalue weighted by molar-refractivity contribution is 0.101. The van der Waals surface area contributed by atoms with Crippen molar-refractivity contribution in [2.45, 2.75) is 54.0 Å². The minimum Gasteiger partial charge on any atom is -0.299 e. The maximum Gasteiger partial charge on any atom is 0.160 e. The van der Waals surface area contributed by atoms with E-state index in [0.29, 0.717) is 0 Å². The van der Waals surface area contributed by atoms with Crippen molar-refractivity contribution in [3.63, 3.8) is 0 Å². The Labute approximate surface area is 123 Å². The molecule has 110 valence electrons. The highest BCUT2D eigenvalue weighted by Crippen LogP contribution is 2.31. The Morgan fingerprint density at radius 1 is 1.25 bits per heavy atom.